The van der Waals surface area contributed by atoms with Crippen molar-refractivity contribution < 1.29 is 0 Å². The number of thiophene rings is 1. The van der Waals surface area contributed by atoms with Crippen LogP contribution in [0.1, 0.15) is 16.1 Å². The van der Waals surface area contributed by atoms with Gasteiger partial charge in [-0.1, -0.05) is 0 Å². The molecule has 20 heavy (non-hydrogen) atoms. The molecule has 0 aliphatic heterocycles. The summed E-state index contributed by atoms with van der Waals surface area (Å²) in [6, 6.07) is 10.1. The third kappa shape index (κ3) is 2.47. The van der Waals surface area contributed by atoms with Crippen molar-refractivity contribution in [2.45, 2.75) is 20.4 Å². The lowest BCUT2D eigenvalue weighted by molar-refractivity contribution is 1.16. The number of hydrogen-bond donors (Lipinski definition) is 2. The number of benzene rings is 1. The first-order valence-electron chi connectivity index (χ1n) is 6.57. The molecule has 0 atom stereocenters. The second kappa shape index (κ2) is 5.13. The average Bonchev–Trinajstić information content (AvgIpc) is 2.82. The molecule has 3 nitrogen and oxygen atoms in total. The molecule has 3 N–H and O–H groups in total. The van der Waals surface area contributed by atoms with Crippen LogP contribution in [0, 0.1) is 13.8 Å². The summed E-state index contributed by atoms with van der Waals surface area (Å²) in [5, 5.41) is 6.71. The summed E-state index contributed by atoms with van der Waals surface area (Å²) in [7, 11) is 0. The number of nitrogens with zero attached hydrogens (tertiary/aromatic N) is 1. The minimum atomic E-state index is 0.763. The smallest absolute Gasteiger partial charge is 0.0727 e. The summed E-state index contributed by atoms with van der Waals surface area (Å²) < 4.78 is 0. The fraction of sp³-hybridized carbons (Fsp3) is 0.188. The van der Waals surface area contributed by atoms with Crippen LogP contribution >= 0.6 is 11.3 Å². The van der Waals surface area contributed by atoms with Crippen molar-refractivity contribution in [1.29, 1.82) is 0 Å². The molecule has 0 fully saturated rings. The predicted molar refractivity (Wildman–Crippen MR) is 87.3 cm³/mol. The number of aromatic nitrogens is 1. The third-order valence-electron chi connectivity index (χ3n) is 3.37. The van der Waals surface area contributed by atoms with Crippen molar-refractivity contribution in [2.75, 3.05) is 11.1 Å². The number of fused-ring (bicyclic) bond motifs is 1. The van der Waals surface area contributed by atoms with E-state index >= 15 is 0 Å². The van der Waals surface area contributed by atoms with Gasteiger partial charge in [0.25, 0.3) is 0 Å². The SMILES string of the molecule is Cc1cc(NCc2sccc2C)c2cc(N)ccc2n1. The molecule has 0 saturated carbocycles. The minimum absolute atomic E-state index is 0.763. The molecule has 1 aromatic carbocycles. The summed E-state index contributed by atoms with van der Waals surface area (Å²) in [6.07, 6.45) is 0. The molecule has 3 aromatic rings. The lowest BCUT2D eigenvalue weighted by Crippen LogP contribution is -2.01. The van der Waals surface area contributed by atoms with Gasteiger partial charge in [0.15, 0.2) is 0 Å². The van der Waals surface area contributed by atoms with E-state index in [2.05, 4.69) is 34.7 Å². The van der Waals surface area contributed by atoms with Gasteiger partial charge in [0.05, 0.1) is 5.52 Å². The largest absolute Gasteiger partial charge is 0.399 e. The van der Waals surface area contributed by atoms with Crippen LogP contribution < -0.4 is 11.1 Å². The highest BCUT2D eigenvalue weighted by Crippen LogP contribution is 2.26. The Balaban J connectivity index is 1.98. The van der Waals surface area contributed by atoms with Gasteiger partial charge >= 0.3 is 0 Å². The number of pyridine rings is 1. The molecule has 0 aliphatic rings. The van der Waals surface area contributed by atoms with E-state index in [1.54, 1.807) is 11.3 Å². The molecule has 0 amide bonds. The van der Waals surface area contributed by atoms with E-state index in [0.29, 0.717) is 0 Å². The highest BCUT2D eigenvalue weighted by atomic mass is 32.1. The van der Waals surface area contributed by atoms with Gasteiger partial charge in [0, 0.05) is 33.9 Å². The topological polar surface area (TPSA) is 50.9 Å². The fourth-order valence-corrected chi connectivity index (χ4v) is 3.13. The van der Waals surface area contributed by atoms with E-state index in [4.69, 9.17) is 5.73 Å². The van der Waals surface area contributed by atoms with Crippen LogP contribution in [-0.2, 0) is 6.54 Å². The van der Waals surface area contributed by atoms with E-state index in [-0.39, 0.29) is 0 Å². The fourth-order valence-electron chi connectivity index (χ4n) is 2.28. The van der Waals surface area contributed by atoms with Gasteiger partial charge in [0.2, 0.25) is 0 Å². The van der Waals surface area contributed by atoms with Crippen molar-refractivity contribution in [3.05, 3.63) is 51.8 Å². The molecule has 0 aliphatic carbocycles. The summed E-state index contributed by atoms with van der Waals surface area (Å²) in [5.74, 6) is 0. The highest BCUT2D eigenvalue weighted by molar-refractivity contribution is 7.10. The Bertz CT molecular complexity index is 762. The Morgan fingerprint density at radius 2 is 2.05 bits per heavy atom. The van der Waals surface area contributed by atoms with E-state index in [1.165, 1.54) is 10.4 Å². The number of nitrogens with two attached hydrogens (primary N) is 1. The van der Waals surface area contributed by atoms with E-state index in [1.807, 2.05) is 25.1 Å². The Labute approximate surface area is 122 Å². The van der Waals surface area contributed by atoms with Crippen molar-refractivity contribution in [3.8, 4) is 0 Å². The summed E-state index contributed by atoms with van der Waals surface area (Å²) in [5.41, 5.74) is 11.1. The molecule has 0 spiro atoms. The minimum Gasteiger partial charge on any atom is -0.399 e. The molecule has 4 heteroatoms. The van der Waals surface area contributed by atoms with Gasteiger partial charge in [-0.2, -0.15) is 0 Å². The van der Waals surface area contributed by atoms with Gasteiger partial charge in [-0.15, -0.1) is 11.3 Å². The van der Waals surface area contributed by atoms with Gasteiger partial charge in [-0.05, 0) is 55.1 Å². The standard InChI is InChI=1S/C16H17N3S/c1-10-5-6-20-16(10)9-18-15-7-11(2)19-14-4-3-12(17)8-13(14)15/h3-8H,9,17H2,1-2H3,(H,18,19). The molecule has 0 bridgehead atoms. The number of nitrogens with one attached hydrogen (secondary N) is 1. The Morgan fingerprint density at radius 1 is 1.20 bits per heavy atom. The molecule has 2 heterocycles. The van der Waals surface area contributed by atoms with Gasteiger partial charge in [-0.3, -0.25) is 4.98 Å². The zero-order chi connectivity index (χ0) is 14.1. The normalized spacial score (nSPS) is 10.9. The zero-order valence-electron chi connectivity index (χ0n) is 11.6. The molecular weight excluding hydrogens is 266 g/mol. The first-order chi connectivity index (χ1) is 9.63. The van der Waals surface area contributed by atoms with Crippen LogP contribution in [0.4, 0.5) is 11.4 Å². The Kier molecular flexibility index (Phi) is 3.32. The van der Waals surface area contributed by atoms with Crippen molar-refractivity contribution in [1.82, 2.24) is 4.98 Å². The first-order valence-corrected chi connectivity index (χ1v) is 7.45. The molecule has 0 unspecified atom stereocenters. The van der Waals surface area contributed by atoms with Gasteiger partial charge in [-0.25, -0.2) is 0 Å². The number of rotatable bonds is 3. The van der Waals surface area contributed by atoms with E-state index in [9.17, 15) is 0 Å². The first kappa shape index (κ1) is 12.9. The number of nitrogen functional groups attached to an aromatic ring is 1. The molecule has 3 rings (SSSR count). The van der Waals surface area contributed by atoms with Crippen molar-refractivity contribution in [2.24, 2.45) is 0 Å². The zero-order valence-corrected chi connectivity index (χ0v) is 12.4. The van der Waals surface area contributed by atoms with Crippen LogP contribution in [0.25, 0.3) is 10.9 Å². The van der Waals surface area contributed by atoms with Crippen LogP contribution in [-0.4, -0.2) is 4.98 Å². The van der Waals surface area contributed by atoms with Crippen LogP contribution in [0.15, 0.2) is 35.7 Å². The second-order valence-electron chi connectivity index (χ2n) is 4.97. The quantitative estimate of drug-likeness (QED) is 0.711. The highest BCUT2D eigenvalue weighted by Gasteiger charge is 2.06. The lowest BCUT2D eigenvalue weighted by Gasteiger charge is -2.11. The second-order valence-corrected chi connectivity index (χ2v) is 5.97. The average molecular weight is 283 g/mol. The molecule has 102 valence electrons. The molecule has 0 saturated heterocycles. The van der Waals surface area contributed by atoms with Crippen LogP contribution in [0.5, 0.6) is 0 Å². The van der Waals surface area contributed by atoms with Crippen molar-refractivity contribution >= 4 is 33.6 Å². The number of hydrogen-bond acceptors (Lipinski definition) is 4. The van der Waals surface area contributed by atoms with Crippen molar-refractivity contribution in [3.63, 3.8) is 0 Å². The molecular formula is C16H17N3S. The summed E-state index contributed by atoms with van der Waals surface area (Å²) in [6.45, 7) is 4.98. The monoisotopic (exact) mass is 283 g/mol. The maximum Gasteiger partial charge on any atom is 0.0727 e. The lowest BCUT2D eigenvalue weighted by atomic mass is 10.1. The van der Waals surface area contributed by atoms with Crippen LogP contribution in [0.3, 0.4) is 0 Å². The number of anilines is 2. The van der Waals surface area contributed by atoms with Gasteiger partial charge in [0.1, 0.15) is 0 Å². The maximum atomic E-state index is 5.89. The molecule has 0 radical (unpaired) electrons. The third-order valence-corrected chi connectivity index (χ3v) is 4.39. The number of aryl methyl sites for hydroxylation is 2. The predicted octanol–water partition coefficient (Wildman–Crippen LogP) is 4.11. The molecule has 2 aromatic heterocycles. The Morgan fingerprint density at radius 3 is 2.80 bits per heavy atom. The van der Waals surface area contributed by atoms with E-state index < -0.39 is 0 Å². The summed E-state index contributed by atoms with van der Waals surface area (Å²) in [4.78, 5) is 5.90. The summed E-state index contributed by atoms with van der Waals surface area (Å²) >= 11 is 1.78. The Hall–Kier alpha value is -2.07. The van der Waals surface area contributed by atoms with Crippen LogP contribution in [0.2, 0.25) is 0 Å². The van der Waals surface area contributed by atoms with E-state index in [0.717, 1.165) is 34.5 Å². The maximum absolute atomic E-state index is 5.89. The van der Waals surface area contributed by atoms with Gasteiger partial charge < -0.3 is 11.1 Å².